The third-order valence-corrected chi connectivity index (χ3v) is 3.08. The van der Waals surface area contributed by atoms with E-state index in [1.807, 2.05) is 14.0 Å². The van der Waals surface area contributed by atoms with Gasteiger partial charge in [0.1, 0.15) is 5.82 Å². The summed E-state index contributed by atoms with van der Waals surface area (Å²) in [6, 6.07) is 6.46. The van der Waals surface area contributed by atoms with Gasteiger partial charge in [0.2, 0.25) is 0 Å². The van der Waals surface area contributed by atoms with Crippen LogP contribution in [0.15, 0.2) is 18.2 Å². The lowest BCUT2D eigenvalue weighted by Crippen LogP contribution is -2.22. The number of H-pyrrole nitrogens is 1. The fourth-order valence-corrected chi connectivity index (χ4v) is 2.20. The van der Waals surface area contributed by atoms with E-state index in [1.54, 1.807) is 0 Å². The summed E-state index contributed by atoms with van der Waals surface area (Å²) in [5.74, 6) is 0.976. The quantitative estimate of drug-likeness (QED) is 0.765. The molecule has 2 rings (SSSR count). The van der Waals surface area contributed by atoms with Gasteiger partial charge in [0.15, 0.2) is 0 Å². The zero-order valence-electron chi connectivity index (χ0n) is 11.5. The number of benzene rings is 1. The summed E-state index contributed by atoms with van der Waals surface area (Å²) in [7, 11) is 4.16. The molecule has 1 heterocycles. The Morgan fingerprint density at radius 2 is 2.22 bits per heavy atom. The van der Waals surface area contributed by atoms with Gasteiger partial charge in [-0.1, -0.05) is 6.07 Å². The molecule has 0 radical (unpaired) electrons. The van der Waals surface area contributed by atoms with Crippen molar-refractivity contribution in [2.45, 2.75) is 19.9 Å². The molecule has 0 saturated carbocycles. The first kappa shape index (κ1) is 13.1. The van der Waals surface area contributed by atoms with E-state index in [2.05, 4.69) is 45.4 Å². The second kappa shape index (κ2) is 5.98. The van der Waals surface area contributed by atoms with Crippen LogP contribution in [0.1, 0.15) is 17.8 Å². The Hall–Kier alpha value is -1.39. The van der Waals surface area contributed by atoms with Crippen molar-refractivity contribution in [2.24, 2.45) is 0 Å². The second-order valence-corrected chi connectivity index (χ2v) is 4.87. The molecule has 0 amide bonds. The summed E-state index contributed by atoms with van der Waals surface area (Å²) in [5, 5.41) is 3.17. The molecule has 4 nitrogen and oxygen atoms in total. The van der Waals surface area contributed by atoms with Crippen molar-refractivity contribution in [3.05, 3.63) is 29.6 Å². The lowest BCUT2D eigenvalue weighted by molar-refractivity contribution is 0.321. The van der Waals surface area contributed by atoms with Crippen LogP contribution in [0.4, 0.5) is 0 Å². The van der Waals surface area contributed by atoms with Crippen molar-refractivity contribution in [1.29, 1.82) is 0 Å². The topological polar surface area (TPSA) is 44.0 Å². The van der Waals surface area contributed by atoms with Crippen LogP contribution < -0.4 is 5.32 Å². The highest BCUT2D eigenvalue weighted by Gasteiger charge is 2.03. The van der Waals surface area contributed by atoms with Gasteiger partial charge in [-0.15, -0.1) is 0 Å². The fraction of sp³-hybridized carbons (Fsp3) is 0.500. The minimum atomic E-state index is 0.976. The molecule has 0 unspecified atom stereocenters. The SMILES string of the molecule is CNCCCN(C)Cc1ccc2nc(C)[nH]c2c1. The maximum Gasteiger partial charge on any atom is 0.104 e. The van der Waals surface area contributed by atoms with Crippen molar-refractivity contribution >= 4 is 11.0 Å². The number of aromatic amines is 1. The second-order valence-electron chi connectivity index (χ2n) is 4.87. The number of hydrogen-bond donors (Lipinski definition) is 2. The normalized spacial score (nSPS) is 11.6. The van der Waals surface area contributed by atoms with Crippen LogP contribution in [0.3, 0.4) is 0 Å². The number of nitrogens with one attached hydrogen (secondary N) is 2. The molecule has 0 fully saturated rings. The van der Waals surface area contributed by atoms with Crippen molar-refractivity contribution < 1.29 is 0 Å². The molecule has 1 aromatic carbocycles. The molecule has 0 aliphatic heterocycles. The summed E-state index contributed by atoms with van der Waals surface area (Å²) >= 11 is 0. The average Bonchev–Trinajstić information content (AvgIpc) is 2.69. The number of aromatic nitrogens is 2. The van der Waals surface area contributed by atoms with E-state index < -0.39 is 0 Å². The number of rotatable bonds is 6. The van der Waals surface area contributed by atoms with Gasteiger partial charge in [0.25, 0.3) is 0 Å². The molecular formula is C14H22N4. The van der Waals surface area contributed by atoms with Crippen LogP contribution in [-0.2, 0) is 6.54 Å². The maximum absolute atomic E-state index is 4.42. The van der Waals surface area contributed by atoms with Crippen LogP contribution in [0.25, 0.3) is 11.0 Å². The Morgan fingerprint density at radius 3 is 3.00 bits per heavy atom. The van der Waals surface area contributed by atoms with Gasteiger partial charge in [0.05, 0.1) is 11.0 Å². The summed E-state index contributed by atoms with van der Waals surface area (Å²) in [6.07, 6.45) is 1.18. The minimum Gasteiger partial charge on any atom is -0.342 e. The van der Waals surface area contributed by atoms with Gasteiger partial charge < -0.3 is 15.2 Å². The van der Waals surface area contributed by atoms with Crippen LogP contribution in [0.2, 0.25) is 0 Å². The van der Waals surface area contributed by atoms with E-state index in [1.165, 1.54) is 12.0 Å². The Bertz CT molecular complexity index is 503. The molecule has 2 aromatic rings. The van der Waals surface area contributed by atoms with Gasteiger partial charge in [0, 0.05) is 6.54 Å². The lowest BCUT2D eigenvalue weighted by atomic mass is 10.2. The molecule has 4 heteroatoms. The molecule has 18 heavy (non-hydrogen) atoms. The van der Waals surface area contributed by atoms with Crippen LogP contribution in [0, 0.1) is 6.92 Å². The molecule has 0 aliphatic carbocycles. The van der Waals surface area contributed by atoms with E-state index in [4.69, 9.17) is 0 Å². The minimum absolute atomic E-state index is 0.976. The highest BCUT2D eigenvalue weighted by molar-refractivity contribution is 5.75. The monoisotopic (exact) mass is 246 g/mol. The Balaban J connectivity index is 1.98. The van der Waals surface area contributed by atoms with E-state index >= 15 is 0 Å². The fourth-order valence-electron chi connectivity index (χ4n) is 2.20. The highest BCUT2D eigenvalue weighted by atomic mass is 15.1. The predicted molar refractivity (Wildman–Crippen MR) is 75.7 cm³/mol. The molecule has 0 saturated heterocycles. The number of hydrogen-bond acceptors (Lipinski definition) is 3. The Kier molecular flexibility index (Phi) is 4.33. The van der Waals surface area contributed by atoms with Crippen molar-refractivity contribution in [3.63, 3.8) is 0 Å². The van der Waals surface area contributed by atoms with Gasteiger partial charge in [-0.25, -0.2) is 4.98 Å². The predicted octanol–water partition coefficient (Wildman–Crippen LogP) is 1.91. The van der Waals surface area contributed by atoms with Crippen molar-refractivity contribution in [1.82, 2.24) is 20.2 Å². The van der Waals surface area contributed by atoms with Gasteiger partial charge in [-0.05, 0) is 58.2 Å². The number of nitrogens with zero attached hydrogens (tertiary/aromatic N) is 2. The van der Waals surface area contributed by atoms with Crippen molar-refractivity contribution in [3.8, 4) is 0 Å². The molecule has 98 valence electrons. The summed E-state index contributed by atoms with van der Waals surface area (Å²) in [6.45, 7) is 5.16. The standard InChI is InChI=1S/C14H22N4/c1-11-16-13-6-5-12(9-14(13)17-11)10-18(3)8-4-7-15-2/h5-6,9,15H,4,7-8,10H2,1-3H3,(H,16,17). The Labute approximate surface area is 108 Å². The molecular weight excluding hydrogens is 224 g/mol. The smallest absolute Gasteiger partial charge is 0.104 e. The molecule has 0 spiro atoms. The van der Waals surface area contributed by atoms with Gasteiger partial charge >= 0.3 is 0 Å². The molecule has 0 atom stereocenters. The van der Waals surface area contributed by atoms with E-state index in [0.29, 0.717) is 0 Å². The summed E-state index contributed by atoms with van der Waals surface area (Å²) in [5.41, 5.74) is 3.51. The van der Waals surface area contributed by atoms with Crippen LogP contribution >= 0.6 is 0 Å². The summed E-state index contributed by atoms with van der Waals surface area (Å²) in [4.78, 5) is 10.1. The van der Waals surface area contributed by atoms with Crippen LogP contribution in [0.5, 0.6) is 0 Å². The number of aryl methyl sites for hydroxylation is 1. The van der Waals surface area contributed by atoms with E-state index in [-0.39, 0.29) is 0 Å². The van der Waals surface area contributed by atoms with Gasteiger partial charge in [-0.2, -0.15) is 0 Å². The van der Waals surface area contributed by atoms with Crippen LogP contribution in [-0.4, -0.2) is 42.1 Å². The maximum atomic E-state index is 4.42. The first-order chi connectivity index (χ1) is 8.69. The molecule has 0 aliphatic rings. The van der Waals surface area contributed by atoms with E-state index in [9.17, 15) is 0 Å². The zero-order chi connectivity index (χ0) is 13.0. The van der Waals surface area contributed by atoms with Gasteiger partial charge in [-0.3, -0.25) is 0 Å². The first-order valence-electron chi connectivity index (χ1n) is 6.47. The first-order valence-corrected chi connectivity index (χ1v) is 6.47. The third kappa shape index (κ3) is 3.31. The zero-order valence-corrected chi connectivity index (χ0v) is 11.5. The molecule has 2 N–H and O–H groups in total. The van der Waals surface area contributed by atoms with Crippen molar-refractivity contribution in [2.75, 3.05) is 27.2 Å². The average molecular weight is 246 g/mol. The molecule has 1 aromatic heterocycles. The molecule has 0 bridgehead atoms. The lowest BCUT2D eigenvalue weighted by Gasteiger charge is -2.16. The Morgan fingerprint density at radius 1 is 1.39 bits per heavy atom. The largest absolute Gasteiger partial charge is 0.342 e. The summed E-state index contributed by atoms with van der Waals surface area (Å²) < 4.78 is 0. The number of fused-ring (bicyclic) bond motifs is 1. The third-order valence-electron chi connectivity index (χ3n) is 3.08. The van der Waals surface area contributed by atoms with E-state index in [0.717, 1.165) is 36.5 Å². The highest BCUT2D eigenvalue weighted by Crippen LogP contribution is 2.14. The number of imidazole rings is 1.